The molecule has 2 fully saturated rings. The van der Waals surface area contributed by atoms with Crippen LogP contribution in [0.25, 0.3) is 11.6 Å². The lowest BCUT2D eigenvalue weighted by Crippen LogP contribution is -2.46. The zero-order valence-corrected chi connectivity index (χ0v) is 25.5. The van der Waals surface area contributed by atoms with Crippen molar-refractivity contribution in [1.29, 1.82) is 0 Å². The molecule has 5 rings (SSSR count). The zero-order chi connectivity index (χ0) is 31.4. The molecule has 0 radical (unpaired) electrons. The number of amides is 2. The van der Waals surface area contributed by atoms with E-state index in [1.165, 1.54) is 4.90 Å². The summed E-state index contributed by atoms with van der Waals surface area (Å²) in [5, 5.41) is 29.6. The van der Waals surface area contributed by atoms with Gasteiger partial charge in [0.25, 0.3) is 0 Å². The highest BCUT2D eigenvalue weighted by Crippen LogP contribution is 2.52. The number of unbranched alkanes of at least 4 members (excludes halogenated alkanes) is 2. The number of phenols is 1. The number of hydrogen-bond acceptors (Lipinski definition) is 6. The lowest BCUT2D eigenvalue weighted by Gasteiger charge is -2.44. The van der Waals surface area contributed by atoms with Crippen LogP contribution in [-0.2, 0) is 19.0 Å². The number of aliphatic carboxylic acids is 1. The number of phenolic OH excluding ortho intramolecular Hbond substituents is 1. The highest BCUT2D eigenvalue weighted by atomic mass is 16.5. The van der Waals surface area contributed by atoms with Crippen LogP contribution in [0.15, 0.2) is 65.7 Å². The molecule has 232 valence electrons. The first kappa shape index (κ1) is 31.7. The fourth-order valence-corrected chi connectivity index (χ4v) is 7.27. The van der Waals surface area contributed by atoms with Gasteiger partial charge in [-0.2, -0.15) is 0 Å². The van der Waals surface area contributed by atoms with Crippen molar-refractivity contribution in [2.45, 2.75) is 71.2 Å². The van der Waals surface area contributed by atoms with Gasteiger partial charge in [-0.05, 0) is 84.7 Å². The molecule has 2 saturated heterocycles. The van der Waals surface area contributed by atoms with Gasteiger partial charge in [-0.15, -0.1) is 0 Å². The van der Waals surface area contributed by atoms with Gasteiger partial charge in [0.05, 0.1) is 17.9 Å². The standard InChI is InChI=1S/C35H42BNO7/c1-22(2)27-20-28-33(35(42)37(34(28)41)18-8-4-7-11-31(39)40)29-21-36(43)44-30(32(27)29)17-14-25(24-9-5-3-6-10-24)19-23-12-15-26(38)16-13-23/h3,5-6,9-10,12-13,15-16,19,22,28-30,33,38,43H,4,7-8,11,14,17-18,20-21H2,1-2H3,(H,39,40)/b25-19-/t28-,29+,30-,33-/m1/s1. The van der Waals surface area contributed by atoms with Crippen LogP contribution in [0.2, 0.25) is 6.32 Å². The fourth-order valence-electron chi connectivity index (χ4n) is 7.27. The molecule has 0 saturated carbocycles. The number of carboxylic acid groups (broad SMARTS) is 1. The summed E-state index contributed by atoms with van der Waals surface area (Å²) < 4.78 is 6.22. The Hall–Kier alpha value is -3.69. The number of carbonyl (C=O) groups is 3. The number of rotatable bonds is 12. The lowest BCUT2D eigenvalue weighted by molar-refractivity contribution is -0.141. The minimum Gasteiger partial charge on any atom is -0.508 e. The van der Waals surface area contributed by atoms with E-state index < -0.39 is 24.9 Å². The minimum absolute atomic E-state index is 0.0790. The zero-order valence-electron chi connectivity index (χ0n) is 25.5. The number of allylic oxidation sites excluding steroid dienone is 2. The van der Waals surface area contributed by atoms with Crippen LogP contribution < -0.4 is 0 Å². The molecular formula is C35H42BNO7. The second-order valence-corrected chi connectivity index (χ2v) is 12.6. The summed E-state index contributed by atoms with van der Waals surface area (Å²) in [4.78, 5) is 39.6. The summed E-state index contributed by atoms with van der Waals surface area (Å²) in [6.45, 7) is 4.53. The van der Waals surface area contributed by atoms with E-state index in [1.54, 1.807) is 12.1 Å². The van der Waals surface area contributed by atoms with Crippen LogP contribution in [0.3, 0.4) is 0 Å². The molecule has 2 aromatic carbocycles. The van der Waals surface area contributed by atoms with Crippen LogP contribution in [0.4, 0.5) is 0 Å². The first-order chi connectivity index (χ1) is 21.1. The molecule has 8 nitrogen and oxygen atoms in total. The van der Waals surface area contributed by atoms with Gasteiger partial charge >= 0.3 is 13.1 Å². The number of imide groups is 1. The second kappa shape index (κ2) is 14.0. The van der Waals surface area contributed by atoms with Gasteiger partial charge in [-0.1, -0.05) is 74.4 Å². The summed E-state index contributed by atoms with van der Waals surface area (Å²) in [6, 6.07) is 17.2. The predicted octanol–water partition coefficient (Wildman–Crippen LogP) is 5.81. The lowest BCUT2D eigenvalue weighted by atomic mass is 9.57. The van der Waals surface area contributed by atoms with Gasteiger partial charge in [-0.25, -0.2) is 0 Å². The van der Waals surface area contributed by atoms with E-state index in [0.29, 0.717) is 45.1 Å². The SMILES string of the molecule is CC(C)C1=C2[C@@H](CC/C(=C/c3ccc(O)cc3)c3ccccc3)OB(O)C[C@@H]2[C@@H]2C(=O)N(CCCCCC(=O)O)C(=O)[C@@H]2C1. The van der Waals surface area contributed by atoms with Crippen LogP contribution in [0.5, 0.6) is 5.75 Å². The number of carboxylic acids is 1. The maximum Gasteiger partial charge on any atom is 0.455 e. The van der Waals surface area contributed by atoms with Gasteiger partial charge in [0.15, 0.2) is 0 Å². The molecule has 0 aromatic heterocycles. The first-order valence-corrected chi connectivity index (χ1v) is 15.8. The molecule has 44 heavy (non-hydrogen) atoms. The molecule has 0 spiro atoms. The van der Waals surface area contributed by atoms with Crippen molar-refractivity contribution in [3.8, 4) is 5.75 Å². The topological polar surface area (TPSA) is 124 Å². The number of aromatic hydroxyl groups is 1. The largest absolute Gasteiger partial charge is 0.508 e. The highest BCUT2D eigenvalue weighted by molar-refractivity contribution is 6.43. The maximum absolute atomic E-state index is 13.8. The Morgan fingerprint density at radius 2 is 1.73 bits per heavy atom. The smallest absolute Gasteiger partial charge is 0.455 e. The van der Waals surface area contributed by atoms with Crippen LogP contribution in [0, 0.1) is 23.7 Å². The number of carbonyl (C=O) groups excluding carboxylic acids is 2. The molecule has 2 amide bonds. The summed E-state index contributed by atoms with van der Waals surface area (Å²) in [6.07, 6.45) is 5.59. The van der Waals surface area contributed by atoms with Gasteiger partial charge < -0.3 is 19.9 Å². The first-order valence-electron chi connectivity index (χ1n) is 15.8. The minimum atomic E-state index is -1.03. The molecule has 0 unspecified atom stereocenters. The van der Waals surface area contributed by atoms with Crippen molar-refractivity contribution in [3.63, 3.8) is 0 Å². The fraction of sp³-hybridized carbons (Fsp3) is 0.457. The number of fused-ring (bicyclic) bond motifs is 3. The quantitative estimate of drug-likeness (QED) is 0.0925. The molecule has 4 atom stereocenters. The van der Waals surface area contributed by atoms with Crippen molar-refractivity contribution in [2.24, 2.45) is 23.7 Å². The van der Waals surface area contributed by atoms with Crippen molar-refractivity contribution >= 4 is 36.6 Å². The average Bonchev–Trinajstić information content (AvgIpc) is 3.24. The van der Waals surface area contributed by atoms with E-state index in [0.717, 1.165) is 27.8 Å². The Kier molecular flexibility index (Phi) is 10.1. The summed E-state index contributed by atoms with van der Waals surface area (Å²) in [7, 11) is -1.03. The molecule has 9 heteroatoms. The normalized spacial score (nSPS) is 23.8. The number of likely N-dealkylation sites (tertiary alicyclic amines) is 1. The number of nitrogens with zero attached hydrogens (tertiary/aromatic N) is 1. The van der Waals surface area contributed by atoms with E-state index >= 15 is 0 Å². The third-order valence-corrected chi connectivity index (χ3v) is 9.36. The van der Waals surface area contributed by atoms with Crippen molar-refractivity contribution < 1.29 is 34.3 Å². The Morgan fingerprint density at radius 3 is 2.41 bits per heavy atom. The summed E-state index contributed by atoms with van der Waals surface area (Å²) in [5.74, 6) is -2.01. The molecule has 2 heterocycles. The third-order valence-electron chi connectivity index (χ3n) is 9.36. The monoisotopic (exact) mass is 599 g/mol. The van der Waals surface area contributed by atoms with Crippen molar-refractivity contribution in [3.05, 3.63) is 76.9 Å². The Balaban J connectivity index is 1.39. The Labute approximate surface area is 259 Å². The average molecular weight is 600 g/mol. The predicted molar refractivity (Wildman–Crippen MR) is 169 cm³/mol. The summed E-state index contributed by atoms with van der Waals surface area (Å²) in [5.41, 5.74) is 5.36. The van der Waals surface area contributed by atoms with Gasteiger partial charge in [0.1, 0.15) is 5.75 Å². The van der Waals surface area contributed by atoms with Crippen molar-refractivity contribution in [1.82, 2.24) is 4.90 Å². The van der Waals surface area contributed by atoms with Crippen LogP contribution >= 0.6 is 0 Å². The molecule has 0 bridgehead atoms. The van der Waals surface area contributed by atoms with Crippen LogP contribution in [-0.4, -0.2) is 57.7 Å². The Morgan fingerprint density at radius 1 is 1.00 bits per heavy atom. The highest BCUT2D eigenvalue weighted by Gasteiger charge is 2.57. The second-order valence-electron chi connectivity index (χ2n) is 12.6. The van der Waals surface area contributed by atoms with Gasteiger partial charge in [0, 0.05) is 13.0 Å². The third kappa shape index (κ3) is 7.00. The molecule has 2 aromatic rings. The van der Waals surface area contributed by atoms with E-state index in [-0.39, 0.29) is 48.2 Å². The van der Waals surface area contributed by atoms with E-state index in [9.17, 15) is 24.5 Å². The van der Waals surface area contributed by atoms with E-state index in [1.807, 2.05) is 30.3 Å². The number of hydrogen-bond donors (Lipinski definition) is 3. The molecular weight excluding hydrogens is 557 g/mol. The number of benzene rings is 2. The molecule has 3 N–H and O–H groups in total. The van der Waals surface area contributed by atoms with Crippen LogP contribution in [0.1, 0.15) is 69.9 Å². The van der Waals surface area contributed by atoms with Gasteiger partial charge in [0.2, 0.25) is 11.8 Å². The molecule has 1 aliphatic carbocycles. The van der Waals surface area contributed by atoms with Gasteiger partial charge in [-0.3, -0.25) is 19.3 Å². The Bertz CT molecular complexity index is 1420. The molecule has 3 aliphatic rings. The molecule has 2 aliphatic heterocycles. The van der Waals surface area contributed by atoms with Crippen molar-refractivity contribution in [2.75, 3.05) is 6.54 Å². The summed E-state index contributed by atoms with van der Waals surface area (Å²) >= 11 is 0. The maximum atomic E-state index is 13.8. The van der Waals surface area contributed by atoms with E-state index in [4.69, 9.17) is 9.76 Å². The van der Waals surface area contributed by atoms with E-state index in [2.05, 4.69) is 32.1 Å².